The molecule has 0 heterocycles. The Bertz CT molecular complexity index is 20.9. The van der Waals surface area contributed by atoms with Gasteiger partial charge in [-0.25, -0.2) is 0 Å². The van der Waals surface area contributed by atoms with E-state index in [1.54, 1.807) is 0 Å². The summed E-state index contributed by atoms with van der Waals surface area (Å²) < 4.78 is 0. The lowest BCUT2D eigenvalue weighted by Gasteiger charge is -1.89. The van der Waals surface area contributed by atoms with Crippen LogP contribution in [0.5, 0.6) is 0 Å². The molecule has 0 rings (SSSR count). The average Bonchev–Trinajstić information content (AvgIpc) is 1.38. The van der Waals surface area contributed by atoms with Crippen molar-refractivity contribution in [3.05, 3.63) is 0 Å². The van der Waals surface area contributed by atoms with Gasteiger partial charge in [-0.3, -0.25) is 0 Å². The first-order valence-corrected chi connectivity index (χ1v) is 2.12. The van der Waals surface area contributed by atoms with Crippen LogP contribution in [0.1, 0.15) is 6.92 Å². The van der Waals surface area contributed by atoms with E-state index in [0.29, 0.717) is 5.88 Å². The number of alkyl halides is 1. The van der Waals surface area contributed by atoms with Crippen LogP contribution in [0, 0.1) is 0 Å². The van der Waals surface area contributed by atoms with Crippen LogP contribution in [0.25, 0.3) is 0 Å². The van der Waals surface area contributed by atoms with Crippen molar-refractivity contribution in [2.24, 2.45) is 5.73 Å². The van der Waals surface area contributed by atoms with Gasteiger partial charge in [0, 0.05) is 11.9 Å². The summed E-state index contributed by atoms with van der Waals surface area (Å²) in [4.78, 5) is 0. The van der Waals surface area contributed by atoms with E-state index in [-0.39, 0.29) is 6.04 Å². The van der Waals surface area contributed by atoms with Crippen LogP contribution in [0.2, 0.25) is 0 Å². The molecule has 0 saturated heterocycles. The molecule has 0 saturated carbocycles. The molecule has 0 bridgehead atoms. The van der Waals surface area contributed by atoms with Crippen LogP contribution in [0.15, 0.2) is 0 Å². The van der Waals surface area contributed by atoms with Crippen molar-refractivity contribution in [1.82, 2.24) is 0 Å². The van der Waals surface area contributed by atoms with Gasteiger partial charge in [-0.15, -0.1) is 11.6 Å². The zero-order chi connectivity index (χ0) is 4.28. The number of hydrogen-bond donors (Lipinski definition) is 1. The van der Waals surface area contributed by atoms with E-state index in [1.807, 2.05) is 6.92 Å². The Labute approximate surface area is 37.1 Å². The summed E-state index contributed by atoms with van der Waals surface area (Å²) in [7, 11) is 0. The van der Waals surface area contributed by atoms with Crippen LogP contribution in [0.3, 0.4) is 0 Å². The molecule has 2 heteroatoms. The second-order valence-corrected chi connectivity index (χ2v) is 1.44. The molecule has 5 heavy (non-hydrogen) atoms. The first kappa shape index (κ1) is 5.25. The van der Waals surface area contributed by atoms with Crippen molar-refractivity contribution in [2.45, 2.75) is 13.0 Å². The summed E-state index contributed by atoms with van der Waals surface area (Å²) in [5, 5.41) is 0. The second-order valence-electron chi connectivity index (χ2n) is 1.13. The molecule has 0 aliphatic carbocycles. The highest BCUT2D eigenvalue weighted by molar-refractivity contribution is 6.18. The molecule has 0 aliphatic heterocycles. The van der Waals surface area contributed by atoms with Crippen molar-refractivity contribution in [2.75, 3.05) is 5.88 Å². The first-order chi connectivity index (χ1) is 2.27. The lowest BCUT2D eigenvalue weighted by atomic mass is 10.4. The molecule has 0 radical (unpaired) electrons. The Morgan fingerprint density at radius 2 is 2.20 bits per heavy atom. The molecule has 32 valence electrons. The van der Waals surface area contributed by atoms with E-state index in [9.17, 15) is 0 Å². The van der Waals surface area contributed by atoms with Crippen LogP contribution in [-0.2, 0) is 0 Å². The largest absolute Gasteiger partial charge is 0.327 e. The molecule has 0 fully saturated rings. The molecule has 0 aromatic rings. The molecular weight excluding hydrogens is 85.5 g/mol. The van der Waals surface area contributed by atoms with Crippen molar-refractivity contribution < 1.29 is 0 Å². The van der Waals surface area contributed by atoms with E-state index < -0.39 is 0 Å². The molecule has 2 N–H and O–H groups in total. The van der Waals surface area contributed by atoms with Crippen molar-refractivity contribution in [1.29, 1.82) is 0 Å². The minimum atomic E-state index is 0.150. The summed E-state index contributed by atoms with van der Waals surface area (Å²) in [5.74, 6) is 0.556. The number of rotatable bonds is 1. The monoisotopic (exact) mass is 93.0 g/mol. The second kappa shape index (κ2) is 2.49. The lowest BCUT2D eigenvalue weighted by Crippen LogP contribution is -2.15. The van der Waals surface area contributed by atoms with E-state index in [0.717, 1.165) is 0 Å². The van der Waals surface area contributed by atoms with E-state index in [4.69, 9.17) is 17.3 Å². The van der Waals surface area contributed by atoms with E-state index in [2.05, 4.69) is 0 Å². The summed E-state index contributed by atoms with van der Waals surface area (Å²) in [5.41, 5.74) is 5.16. The maximum atomic E-state index is 5.21. The van der Waals surface area contributed by atoms with Crippen LogP contribution >= 0.6 is 11.6 Å². The highest BCUT2D eigenvalue weighted by Crippen LogP contribution is 1.76. The third kappa shape index (κ3) is 4.25. The van der Waals surface area contributed by atoms with Crippen molar-refractivity contribution in [3.63, 3.8) is 0 Å². The Kier molecular flexibility index (Phi) is 2.61. The maximum absolute atomic E-state index is 5.21. The topological polar surface area (TPSA) is 26.0 Å². The van der Waals surface area contributed by atoms with Gasteiger partial charge in [0.2, 0.25) is 0 Å². The Morgan fingerprint density at radius 3 is 2.20 bits per heavy atom. The fourth-order valence-corrected chi connectivity index (χ4v) is 0. The zero-order valence-electron chi connectivity index (χ0n) is 3.24. The van der Waals surface area contributed by atoms with Gasteiger partial charge in [0.05, 0.1) is 0 Å². The first-order valence-electron chi connectivity index (χ1n) is 1.59. The normalized spacial score (nSPS) is 15.0. The highest BCUT2D eigenvalue weighted by atomic mass is 35.5. The Balaban J connectivity index is 2.54. The van der Waals surface area contributed by atoms with Gasteiger partial charge >= 0.3 is 0 Å². The molecule has 0 aliphatic rings. The fraction of sp³-hybridized carbons (Fsp3) is 1.00. The smallest absolute Gasteiger partial charge is 0.0372 e. The summed E-state index contributed by atoms with van der Waals surface area (Å²) in [6.07, 6.45) is 0. The standard InChI is InChI=1S/C3H8ClN/c1-3(5)2-4/h3H,2,5H2,1H3/t3-/m1/s1. The minimum Gasteiger partial charge on any atom is -0.327 e. The summed E-state index contributed by atoms with van der Waals surface area (Å²) >= 11 is 5.21. The fourth-order valence-electron chi connectivity index (χ4n) is 0. The molecule has 0 unspecified atom stereocenters. The van der Waals surface area contributed by atoms with Gasteiger partial charge in [0.25, 0.3) is 0 Å². The SMILES string of the molecule is C[C@@H](N)CCl. The van der Waals surface area contributed by atoms with Crippen molar-refractivity contribution in [3.8, 4) is 0 Å². The number of hydrogen-bond acceptors (Lipinski definition) is 1. The van der Waals surface area contributed by atoms with Gasteiger partial charge in [0.15, 0.2) is 0 Å². The predicted molar refractivity (Wildman–Crippen MR) is 24.4 cm³/mol. The summed E-state index contributed by atoms with van der Waals surface area (Å²) in [6.45, 7) is 1.87. The van der Waals surface area contributed by atoms with E-state index in [1.165, 1.54) is 0 Å². The molecule has 0 aromatic heterocycles. The molecule has 1 atom stereocenters. The molecule has 0 amide bonds. The minimum absolute atomic E-state index is 0.150. The van der Waals surface area contributed by atoms with Crippen LogP contribution < -0.4 is 5.73 Å². The van der Waals surface area contributed by atoms with Crippen LogP contribution in [0.4, 0.5) is 0 Å². The van der Waals surface area contributed by atoms with Crippen LogP contribution in [-0.4, -0.2) is 11.9 Å². The third-order valence-electron chi connectivity index (χ3n) is 0.243. The molecule has 1 nitrogen and oxygen atoms in total. The number of halogens is 1. The molecular formula is C3H8ClN. The molecule has 0 spiro atoms. The predicted octanol–water partition coefficient (Wildman–Crippen LogP) is 0.572. The highest BCUT2D eigenvalue weighted by Gasteiger charge is 1.81. The van der Waals surface area contributed by atoms with Gasteiger partial charge in [-0.05, 0) is 6.92 Å². The third-order valence-corrected chi connectivity index (χ3v) is 0.730. The maximum Gasteiger partial charge on any atom is 0.0372 e. The Hall–Kier alpha value is 0.250. The van der Waals surface area contributed by atoms with Crippen molar-refractivity contribution >= 4 is 11.6 Å². The Morgan fingerprint density at radius 1 is 2.00 bits per heavy atom. The van der Waals surface area contributed by atoms with Gasteiger partial charge in [-0.2, -0.15) is 0 Å². The lowest BCUT2D eigenvalue weighted by molar-refractivity contribution is 0.842. The van der Waals surface area contributed by atoms with Gasteiger partial charge in [-0.1, -0.05) is 0 Å². The molecule has 0 aromatic carbocycles. The quantitative estimate of drug-likeness (QED) is 0.472. The number of nitrogens with two attached hydrogens (primary N) is 1. The van der Waals surface area contributed by atoms with Gasteiger partial charge < -0.3 is 5.73 Å². The van der Waals surface area contributed by atoms with Gasteiger partial charge in [0.1, 0.15) is 0 Å². The zero-order valence-corrected chi connectivity index (χ0v) is 4.00. The van der Waals surface area contributed by atoms with E-state index >= 15 is 0 Å². The average molecular weight is 93.6 g/mol. The summed E-state index contributed by atoms with van der Waals surface area (Å²) in [6, 6.07) is 0.150.